The molecule has 0 saturated carbocycles. The smallest absolute Gasteiger partial charge is 0.311 e. The monoisotopic (exact) mass is 421 g/mol. The average molecular weight is 421 g/mol. The van der Waals surface area contributed by atoms with Crippen molar-refractivity contribution < 1.29 is 19.1 Å². The quantitative estimate of drug-likeness (QED) is 0.710. The maximum Gasteiger partial charge on any atom is 0.311 e. The minimum Gasteiger partial charge on any atom is -0.469 e. The highest BCUT2D eigenvalue weighted by molar-refractivity contribution is 5.99. The van der Waals surface area contributed by atoms with Gasteiger partial charge in [-0.2, -0.15) is 0 Å². The van der Waals surface area contributed by atoms with Crippen molar-refractivity contribution in [2.45, 2.75) is 13.3 Å². The molecule has 2 aliphatic rings. The van der Waals surface area contributed by atoms with Crippen LogP contribution in [0.1, 0.15) is 22.3 Å². The number of anilines is 2. The molecule has 0 aromatic heterocycles. The highest BCUT2D eigenvalue weighted by Gasteiger charge is 2.35. The first-order chi connectivity index (χ1) is 15.0. The number of carbonyl (C=O) groups is 3. The summed E-state index contributed by atoms with van der Waals surface area (Å²) in [5.74, 6) is -0.740. The fourth-order valence-electron chi connectivity index (χ4n) is 4.17. The maximum atomic E-state index is 12.7. The van der Waals surface area contributed by atoms with Gasteiger partial charge >= 0.3 is 5.97 Å². The number of piperazine rings is 1. The number of benzene rings is 2. The number of carbonyl (C=O) groups excluding carboxylic acids is 3. The molecule has 2 heterocycles. The molecule has 31 heavy (non-hydrogen) atoms. The summed E-state index contributed by atoms with van der Waals surface area (Å²) in [6.45, 7) is 5.20. The average Bonchev–Trinajstić information content (AvgIpc) is 3.20. The zero-order valence-electron chi connectivity index (χ0n) is 17.9. The van der Waals surface area contributed by atoms with E-state index in [-0.39, 0.29) is 24.2 Å². The third-order valence-electron chi connectivity index (χ3n) is 6.05. The molecule has 7 heteroatoms. The van der Waals surface area contributed by atoms with Crippen LogP contribution in [-0.4, -0.2) is 62.5 Å². The van der Waals surface area contributed by atoms with Crippen LogP contribution in [0.25, 0.3) is 0 Å². The van der Waals surface area contributed by atoms with Gasteiger partial charge in [0.2, 0.25) is 5.91 Å². The topological polar surface area (TPSA) is 70.2 Å². The van der Waals surface area contributed by atoms with Gasteiger partial charge in [0.15, 0.2) is 0 Å². The number of rotatable bonds is 4. The number of aryl methyl sites for hydroxylation is 1. The Hall–Kier alpha value is -3.35. The van der Waals surface area contributed by atoms with Crippen molar-refractivity contribution in [3.05, 3.63) is 59.7 Å². The van der Waals surface area contributed by atoms with Gasteiger partial charge in [-0.05, 0) is 43.3 Å². The molecular weight excluding hydrogens is 394 g/mol. The molecule has 2 aliphatic heterocycles. The zero-order chi connectivity index (χ0) is 22.0. The number of ether oxygens (including phenoxy) is 1. The molecule has 0 aliphatic carbocycles. The maximum absolute atomic E-state index is 12.7. The van der Waals surface area contributed by atoms with E-state index in [0.717, 1.165) is 35.6 Å². The Morgan fingerprint density at radius 3 is 2.13 bits per heavy atom. The third-order valence-corrected chi connectivity index (χ3v) is 6.05. The van der Waals surface area contributed by atoms with E-state index in [1.807, 2.05) is 60.4 Å². The van der Waals surface area contributed by atoms with Crippen LogP contribution in [0.3, 0.4) is 0 Å². The first kappa shape index (κ1) is 20.9. The molecule has 2 saturated heterocycles. The lowest BCUT2D eigenvalue weighted by Gasteiger charge is -2.36. The lowest BCUT2D eigenvalue weighted by atomic mass is 10.1. The van der Waals surface area contributed by atoms with Crippen LogP contribution in [0.2, 0.25) is 0 Å². The molecule has 0 bridgehead atoms. The number of nitrogens with zero attached hydrogens (tertiary/aromatic N) is 3. The molecule has 2 aromatic carbocycles. The lowest BCUT2D eigenvalue weighted by molar-refractivity contribution is -0.145. The van der Waals surface area contributed by atoms with E-state index in [1.165, 1.54) is 7.11 Å². The van der Waals surface area contributed by atoms with Crippen LogP contribution < -0.4 is 9.80 Å². The molecule has 1 atom stereocenters. The molecule has 2 aromatic rings. The van der Waals surface area contributed by atoms with Crippen LogP contribution in [0.15, 0.2) is 48.5 Å². The first-order valence-corrected chi connectivity index (χ1v) is 10.6. The summed E-state index contributed by atoms with van der Waals surface area (Å²) in [5.41, 5.74) is 3.71. The largest absolute Gasteiger partial charge is 0.469 e. The van der Waals surface area contributed by atoms with Crippen molar-refractivity contribution >= 4 is 29.2 Å². The Bertz CT molecular complexity index is 963. The van der Waals surface area contributed by atoms with Crippen molar-refractivity contribution in [3.8, 4) is 0 Å². The molecule has 2 amide bonds. The summed E-state index contributed by atoms with van der Waals surface area (Å²) in [6, 6.07) is 15.5. The summed E-state index contributed by atoms with van der Waals surface area (Å²) >= 11 is 0. The van der Waals surface area contributed by atoms with E-state index in [2.05, 4.69) is 4.90 Å². The van der Waals surface area contributed by atoms with E-state index < -0.39 is 5.92 Å². The second-order valence-electron chi connectivity index (χ2n) is 8.09. The van der Waals surface area contributed by atoms with E-state index in [1.54, 1.807) is 4.90 Å². The van der Waals surface area contributed by atoms with Gasteiger partial charge in [0.1, 0.15) is 0 Å². The highest BCUT2D eigenvalue weighted by Crippen LogP contribution is 2.28. The van der Waals surface area contributed by atoms with Crippen molar-refractivity contribution in [2.24, 2.45) is 5.92 Å². The lowest BCUT2D eigenvalue weighted by Crippen LogP contribution is -2.48. The van der Waals surface area contributed by atoms with Gasteiger partial charge in [0.05, 0.1) is 13.0 Å². The fourth-order valence-corrected chi connectivity index (χ4v) is 4.17. The van der Waals surface area contributed by atoms with Crippen LogP contribution >= 0.6 is 0 Å². The van der Waals surface area contributed by atoms with E-state index >= 15 is 0 Å². The van der Waals surface area contributed by atoms with Crippen molar-refractivity contribution in [3.63, 3.8) is 0 Å². The highest BCUT2D eigenvalue weighted by atomic mass is 16.5. The van der Waals surface area contributed by atoms with Gasteiger partial charge in [-0.25, -0.2) is 0 Å². The van der Waals surface area contributed by atoms with E-state index in [9.17, 15) is 14.4 Å². The molecular formula is C24H27N3O4. The predicted molar refractivity (Wildman–Crippen MR) is 118 cm³/mol. The Morgan fingerprint density at radius 1 is 0.903 bits per heavy atom. The summed E-state index contributed by atoms with van der Waals surface area (Å²) in [5, 5.41) is 0. The SMILES string of the molecule is COC(=O)C1CC(=O)N(c2ccc(N3CCN(C(=O)c4ccc(C)cc4)CC3)cc2)C1. The summed E-state index contributed by atoms with van der Waals surface area (Å²) in [6.07, 6.45) is 0.186. The van der Waals surface area contributed by atoms with E-state index in [4.69, 9.17) is 4.74 Å². The zero-order valence-corrected chi connectivity index (χ0v) is 17.9. The van der Waals surface area contributed by atoms with Crippen LogP contribution in [0, 0.1) is 12.8 Å². The van der Waals surface area contributed by atoms with Crippen LogP contribution in [0.4, 0.5) is 11.4 Å². The number of esters is 1. The number of hydrogen-bond acceptors (Lipinski definition) is 5. The molecule has 0 N–H and O–H groups in total. The molecule has 2 fully saturated rings. The molecule has 0 radical (unpaired) electrons. The van der Waals surface area contributed by atoms with Gasteiger partial charge in [0.25, 0.3) is 5.91 Å². The Labute approximate surface area is 182 Å². The summed E-state index contributed by atoms with van der Waals surface area (Å²) in [4.78, 5) is 42.5. The molecule has 162 valence electrons. The Kier molecular flexibility index (Phi) is 5.93. The van der Waals surface area contributed by atoms with Gasteiger partial charge in [0, 0.05) is 56.1 Å². The second-order valence-corrected chi connectivity index (χ2v) is 8.09. The van der Waals surface area contributed by atoms with E-state index in [0.29, 0.717) is 19.6 Å². The standard InChI is InChI=1S/C24H27N3O4/c1-17-3-5-18(6-4-17)23(29)26-13-11-25(12-14-26)20-7-9-21(10-8-20)27-16-19(15-22(27)28)24(30)31-2/h3-10,19H,11-16H2,1-2H3. The second kappa shape index (κ2) is 8.79. The Balaban J connectivity index is 1.35. The molecule has 4 rings (SSSR count). The summed E-state index contributed by atoms with van der Waals surface area (Å²) in [7, 11) is 1.35. The number of methoxy groups -OCH3 is 1. The normalized spacial score (nSPS) is 19.0. The van der Waals surface area contributed by atoms with Crippen molar-refractivity contribution in [1.82, 2.24) is 4.90 Å². The predicted octanol–water partition coefficient (Wildman–Crippen LogP) is 2.48. The minimum atomic E-state index is -0.406. The number of hydrogen-bond donors (Lipinski definition) is 0. The minimum absolute atomic E-state index is 0.0635. The van der Waals surface area contributed by atoms with Gasteiger partial charge in [-0.15, -0.1) is 0 Å². The number of amides is 2. The van der Waals surface area contributed by atoms with Gasteiger partial charge in [-0.3, -0.25) is 14.4 Å². The van der Waals surface area contributed by atoms with Gasteiger partial charge in [-0.1, -0.05) is 17.7 Å². The van der Waals surface area contributed by atoms with Crippen LogP contribution in [0.5, 0.6) is 0 Å². The summed E-state index contributed by atoms with van der Waals surface area (Å²) < 4.78 is 4.77. The molecule has 1 unspecified atom stereocenters. The van der Waals surface area contributed by atoms with Crippen molar-refractivity contribution in [1.29, 1.82) is 0 Å². The Morgan fingerprint density at radius 2 is 1.52 bits per heavy atom. The van der Waals surface area contributed by atoms with Crippen LogP contribution in [-0.2, 0) is 14.3 Å². The third kappa shape index (κ3) is 4.40. The first-order valence-electron chi connectivity index (χ1n) is 10.6. The van der Waals surface area contributed by atoms with Gasteiger partial charge < -0.3 is 19.4 Å². The molecule has 7 nitrogen and oxygen atoms in total. The molecule has 0 spiro atoms. The fraction of sp³-hybridized carbons (Fsp3) is 0.375. The van der Waals surface area contributed by atoms with Crippen molar-refractivity contribution in [2.75, 3.05) is 49.6 Å².